The first-order valence-electron chi connectivity index (χ1n) is 7.36. The van der Waals surface area contributed by atoms with Crippen LogP contribution in [-0.2, 0) is 9.13 Å². The van der Waals surface area contributed by atoms with E-state index in [1.807, 2.05) is 24.3 Å². The van der Waals surface area contributed by atoms with Crippen molar-refractivity contribution in [3.05, 3.63) is 30.5 Å². The zero-order chi connectivity index (χ0) is 18.5. The van der Waals surface area contributed by atoms with E-state index in [0.717, 1.165) is 5.52 Å². The smallest absolute Gasteiger partial charge is 0.354 e. The van der Waals surface area contributed by atoms with E-state index < -0.39 is 20.7 Å². The van der Waals surface area contributed by atoms with Crippen LogP contribution >= 0.6 is 15.2 Å². The van der Waals surface area contributed by atoms with Gasteiger partial charge in [-0.2, -0.15) is 0 Å². The third kappa shape index (κ3) is 6.13. The van der Waals surface area contributed by atoms with Gasteiger partial charge in [0.25, 0.3) is 0 Å². The Bertz CT molecular complexity index is 785. The van der Waals surface area contributed by atoms with E-state index in [0.29, 0.717) is 24.2 Å². The number of hydrogen-bond donors (Lipinski definition) is 5. The monoisotopic (exact) mass is 391 g/mol. The molecular formula is C13H19N3O7P2. The van der Waals surface area contributed by atoms with Gasteiger partial charge in [-0.05, 0) is 31.5 Å². The molecule has 0 amide bonds. The normalized spacial score (nSPS) is 12.7. The quantitative estimate of drug-likeness (QED) is 0.308. The fourth-order valence-electron chi connectivity index (χ4n) is 2.08. The molecule has 12 heteroatoms. The second-order valence-corrected chi connectivity index (χ2v) is 9.06. The van der Waals surface area contributed by atoms with Crippen LogP contribution in [0.3, 0.4) is 0 Å². The van der Waals surface area contributed by atoms with Crippen molar-refractivity contribution in [3.63, 3.8) is 0 Å². The van der Waals surface area contributed by atoms with Crippen LogP contribution in [0.2, 0.25) is 0 Å². The van der Waals surface area contributed by atoms with E-state index in [9.17, 15) is 9.13 Å². The molecule has 1 aromatic heterocycles. The SMILES string of the molecule is O=P(O)(O)C(NCCCCOc1cnc2ccccc2n1)P(=O)(O)O. The minimum atomic E-state index is -4.95. The standard InChI is InChI=1S/C13H19N3O7P2/c17-24(18,19)13(25(20,21)22)14-7-3-4-8-23-12-9-15-10-5-1-2-6-11(10)16-12/h1-2,5-6,9,13-14H,3-4,7-8H2,(H2,17,18,19)(H2,20,21,22). The van der Waals surface area contributed by atoms with Crippen LogP contribution in [-0.4, -0.2) is 48.2 Å². The predicted octanol–water partition coefficient (Wildman–Crippen LogP) is 1.02. The molecule has 0 aliphatic heterocycles. The number of benzene rings is 1. The van der Waals surface area contributed by atoms with Gasteiger partial charge in [-0.25, -0.2) is 9.97 Å². The van der Waals surface area contributed by atoms with Crippen molar-refractivity contribution in [3.8, 4) is 5.88 Å². The molecule has 0 spiro atoms. The molecule has 5 N–H and O–H groups in total. The lowest BCUT2D eigenvalue weighted by Crippen LogP contribution is -2.30. The highest BCUT2D eigenvalue weighted by Gasteiger charge is 2.42. The lowest BCUT2D eigenvalue weighted by molar-refractivity contribution is 0.292. The summed E-state index contributed by atoms with van der Waals surface area (Å²) in [6, 6.07) is 7.33. The Morgan fingerprint density at radius 2 is 1.68 bits per heavy atom. The maximum Gasteiger partial charge on any atom is 0.354 e. The number of nitrogens with one attached hydrogen (secondary N) is 1. The maximum absolute atomic E-state index is 11.1. The highest BCUT2D eigenvalue weighted by atomic mass is 31.2. The molecule has 1 heterocycles. The second-order valence-electron chi connectivity index (χ2n) is 5.26. The molecule has 2 rings (SSSR count). The molecule has 25 heavy (non-hydrogen) atoms. The van der Waals surface area contributed by atoms with Crippen molar-refractivity contribution < 1.29 is 33.4 Å². The Kier molecular flexibility index (Phi) is 6.65. The number of fused-ring (bicyclic) bond motifs is 1. The lowest BCUT2D eigenvalue weighted by atomic mass is 10.3. The molecule has 0 bridgehead atoms. The summed E-state index contributed by atoms with van der Waals surface area (Å²) in [5.74, 6) is 0.356. The van der Waals surface area contributed by atoms with Crippen LogP contribution < -0.4 is 10.1 Å². The summed E-state index contributed by atoms with van der Waals surface area (Å²) in [6.07, 6.45) is 2.40. The Balaban J connectivity index is 1.75. The third-order valence-electron chi connectivity index (χ3n) is 3.21. The van der Waals surface area contributed by atoms with Gasteiger partial charge in [0.15, 0.2) is 0 Å². The van der Waals surface area contributed by atoms with Gasteiger partial charge in [-0.15, -0.1) is 0 Å². The van der Waals surface area contributed by atoms with Gasteiger partial charge < -0.3 is 24.3 Å². The van der Waals surface area contributed by atoms with Gasteiger partial charge >= 0.3 is 15.2 Å². The Hall–Kier alpha value is -1.38. The van der Waals surface area contributed by atoms with E-state index in [1.54, 1.807) is 0 Å². The Morgan fingerprint density at radius 1 is 1.04 bits per heavy atom. The van der Waals surface area contributed by atoms with Gasteiger partial charge in [0.2, 0.25) is 11.4 Å². The topological polar surface area (TPSA) is 162 Å². The van der Waals surface area contributed by atoms with Crippen LogP contribution in [0.5, 0.6) is 5.88 Å². The summed E-state index contributed by atoms with van der Waals surface area (Å²) < 4.78 is 27.6. The molecule has 0 saturated carbocycles. The first-order valence-corrected chi connectivity index (χ1v) is 10.7. The molecule has 138 valence electrons. The molecular weight excluding hydrogens is 372 g/mol. The summed E-state index contributed by atoms with van der Waals surface area (Å²) in [7, 11) is -9.90. The number of unbranched alkanes of at least 4 members (excludes halogenated alkanes) is 1. The van der Waals surface area contributed by atoms with E-state index >= 15 is 0 Å². The van der Waals surface area contributed by atoms with Gasteiger partial charge in [-0.1, -0.05) is 12.1 Å². The fraction of sp³-hybridized carbons (Fsp3) is 0.385. The van der Waals surface area contributed by atoms with Crippen LogP contribution in [0.1, 0.15) is 12.8 Å². The molecule has 1 aromatic carbocycles. The molecule has 0 atom stereocenters. The number of rotatable bonds is 9. The highest BCUT2D eigenvalue weighted by molar-refractivity contribution is 7.70. The van der Waals surface area contributed by atoms with Crippen LogP contribution in [0.4, 0.5) is 0 Å². The summed E-state index contributed by atoms with van der Waals surface area (Å²) in [4.78, 5) is 44.3. The van der Waals surface area contributed by atoms with Crippen LogP contribution in [0.25, 0.3) is 11.0 Å². The zero-order valence-electron chi connectivity index (χ0n) is 13.1. The molecule has 10 nitrogen and oxygen atoms in total. The minimum Gasteiger partial charge on any atom is -0.477 e. The molecule has 0 aliphatic carbocycles. The Morgan fingerprint density at radius 3 is 2.32 bits per heavy atom. The average molecular weight is 391 g/mol. The lowest BCUT2D eigenvalue weighted by Gasteiger charge is -2.20. The third-order valence-corrected chi connectivity index (χ3v) is 6.66. The number of para-hydroxylation sites is 2. The number of hydrogen-bond acceptors (Lipinski definition) is 6. The number of ether oxygens (including phenoxy) is 1. The van der Waals surface area contributed by atoms with E-state index in [-0.39, 0.29) is 13.2 Å². The van der Waals surface area contributed by atoms with Crippen molar-refractivity contribution in [1.82, 2.24) is 15.3 Å². The van der Waals surface area contributed by atoms with Gasteiger partial charge in [0.05, 0.1) is 23.8 Å². The van der Waals surface area contributed by atoms with Gasteiger partial charge in [0, 0.05) is 0 Å². The Labute approximate surface area is 143 Å². The van der Waals surface area contributed by atoms with E-state index in [2.05, 4.69) is 15.3 Å². The summed E-state index contributed by atoms with van der Waals surface area (Å²) in [6.45, 7) is 0.304. The summed E-state index contributed by atoms with van der Waals surface area (Å²) >= 11 is 0. The van der Waals surface area contributed by atoms with Crippen molar-refractivity contribution in [1.29, 1.82) is 0 Å². The fourth-order valence-corrected chi connectivity index (χ4v) is 4.38. The maximum atomic E-state index is 11.1. The van der Waals surface area contributed by atoms with Crippen LogP contribution in [0.15, 0.2) is 30.5 Å². The first kappa shape index (κ1) is 19.9. The molecule has 0 fully saturated rings. The molecule has 2 aromatic rings. The van der Waals surface area contributed by atoms with Gasteiger partial charge in [0.1, 0.15) is 0 Å². The first-order chi connectivity index (χ1) is 11.7. The van der Waals surface area contributed by atoms with Crippen molar-refractivity contribution in [2.45, 2.75) is 18.4 Å². The molecule has 0 unspecified atom stereocenters. The largest absolute Gasteiger partial charge is 0.477 e. The molecule has 0 saturated heterocycles. The number of aromatic nitrogens is 2. The average Bonchev–Trinajstić information content (AvgIpc) is 2.51. The predicted molar refractivity (Wildman–Crippen MR) is 90.1 cm³/mol. The summed E-state index contributed by atoms with van der Waals surface area (Å²) in [5.41, 5.74) is -0.736. The van der Waals surface area contributed by atoms with Crippen molar-refractivity contribution in [2.75, 3.05) is 13.2 Å². The molecule has 0 radical (unpaired) electrons. The second kappa shape index (κ2) is 8.33. The van der Waals surface area contributed by atoms with Crippen molar-refractivity contribution >= 4 is 26.2 Å². The van der Waals surface area contributed by atoms with Gasteiger partial charge in [-0.3, -0.25) is 14.4 Å². The van der Waals surface area contributed by atoms with E-state index in [4.69, 9.17) is 24.3 Å². The van der Waals surface area contributed by atoms with Crippen LogP contribution in [0, 0.1) is 0 Å². The van der Waals surface area contributed by atoms with E-state index in [1.165, 1.54) is 6.20 Å². The minimum absolute atomic E-state index is 0.0215. The number of nitrogens with zero attached hydrogens (tertiary/aromatic N) is 2. The van der Waals surface area contributed by atoms with Crippen molar-refractivity contribution in [2.24, 2.45) is 0 Å². The summed E-state index contributed by atoms with van der Waals surface area (Å²) in [5, 5.41) is 2.21. The zero-order valence-corrected chi connectivity index (χ0v) is 14.9. The highest BCUT2D eigenvalue weighted by Crippen LogP contribution is 2.58. The molecule has 0 aliphatic rings.